The second kappa shape index (κ2) is 4.69. The van der Waals surface area contributed by atoms with Gasteiger partial charge in [0.1, 0.15) is 17.0 Å². The maximum atomic E-state index is 4.45. The summed E-state index contributed by atoms with van der Waals surface area (Å²) in [6.07, 6.45) is 5.36. The second-order valence-electron chi connectivity index (χ2n) is 7.62. The van der Waals surface area contributed by atoms with Crippen molar-refractivity contribution in [1.82, 2.24) is 9.97 Å². The van der Waals surface area contributed by atoms with Gasteiger partial charge in [0.05, 0.1) is 5.39 Å². The Bertz CT molecular complexity index is 599. The third-order valence-corrected chi connectivity index (χ3v) is 4.98. The summed E-state index contributed by atoms with van der Waals surface area (Å²) in [5.41, 5.74) is 0.778. The summed E-state index contributed by atoms with van der Waals surface area (Å²) in [7, 11) is 0. The molecule has 20 heavy (non-hydrogen) atoms. The van der Waals surface area contributed by atoms with Crippen LogP contribution in [0.4, 0.5) is 5.82 Å². The number of thiophene rings is 1. The minimum atomic E-state index is 0.389. The number of nitrogens with one attached hydrogen (secondary N) is 1. The van der Waals surface area contributed by atoms with Crippen LogP contribution in [0.25, 0.3) is 10.2 Å². The average Bonchev–Trinajstić information content (AvgIpc) is 2.73. The first-order valence-electron chi connectivity index (χ1n) is 7.29. The lowest BCUT2D eigenvalue weighted by Crippen LogP contribution is -2.40. The molecule has 3 nitrogen and oxygen atoms in total. The molecule has 2 aromatic heterocycles. The fraction of sp³-hybridized carbons (Fsp3) is 0.625. The van der Waals surface area contributed by atoms with Gasteiger partial charge in [0, 0.05) is 6.04 Å². The van der Waals surface area contributed by atoms with Crippen LogP contribution in [-0.2, 0) is 0 Å². The topological polar surface area (TPSA) is 37.8 Å². The van der Waals surface area contributed by atoms with Gasteiger partial charge in [0.25, 0.3) is 0 Å². The zero-order valence-electron chi connectivity index (χ0n) is 12.7. The van der Waals surface area contributed by atoms with Crippen LogP contribution in [0.15, 0.2) is 17.8 Å². The minimum Gasteiger partial charge on any atom is -0.367 e. The molecule has 0 amide bonds. The van der Waals surface area contributed by atoms with E-state index in [-0.39, 0.29) is 0 Å². The summed E-state index contributed by atoms with van der Waals surface area (Å²) in [6, 6.07) is 2.60. The van der Waals surface area contributed by atoms with Crippen molar-refractivity contribution in [3.8, 4) is 0 Å². The summed E-state index contributed by atoms with van der Waals surface area (Å²) in [5, 5.41) is 6.91. The number of hydrogen-bond donors (Lipinski definition) is 1. The zero-order valence-corrected chi connectivity index (χ0v) is 13.5. The van der Waals surface area contributed by atoms with Crippen LogP contribution in [0.2, 0.25) is 0 Å². The third-order valence-electron chi connectivity index (χ3n) is 4.16. The van der Waals surface area contributed by atoms with Gasteiger partial charge in [0.2, 0.25) is 0 Å². The Kier molecular flexibility index (Phi) is 3.24. The van der Waals surface area contributed by atoms with E-state index >= 15 is 0 Å². The molecular weight excluding hydrogens is 266 g/mol. The number of anilines is 1. The summed E-state index contributed by atoms with van der Waals surface area (Å²) in [5.74, 6) is 0.995. The number of aromatic nitrogens is 2. The first-order chi connectivity index (χ1) is 9.35. The monoisotopic (exact) mass is 289 g/mol. The van der Waals surface area contributed by atoms with Crippen molar-refractivity contribution in [1.29, 1.82) is 0 Å². The molecule has 0 aliphatic heterocycles. The van der Waals surface area contributed by atoms with Gasteiger partial charge in [-0.25, -0.2) is 9.97 Å². The van der Waals surface area contributed by atoms with E-state index in [9.17, 15) is 0 Å². The van der Waals surface area contributed by atoms with E-state index < -0.39 is 0 Å². The van der Waals surface area contributed by atoms with Gasteiger partial charge in [-0.3, -0.25) is 0 Å². The molecule has 1 N–H and O–H groups in total. The van der Waals surface area contributed by atoms with Crippen LogP contribution in [0.5, 0.6) is 0 Å². The van der Waals surface area contributed by atoms with Crippen molar-refractivity contribution in [2.75, 3.05) is 5.32 Å². The Hall–Kier alpha value is -1.16. The van der Waals surface area contributed by atoms with Gasteiger partial charge >= 0.3 is 0 Å². The molecule has 1 aliphatic rings. The fourth-order valence-electron chi connectivity index (χ4n) is 4.05. The van der Waals surface area contributed by atoms with E-state index in [0.717, 1.165) is 16.0 Å². The van der Waals surface area contributed by atoms with Crippen molar-refractivity contribution in [3.63, 3.8) is 0 Å². The lowest BCUT2D eigenvalue weighted by atomic mass is 9.63. The molecule has 3 rings (SSSR count). The lowest BCUT2D eigenvalue weighted by molar-refractivity contribution is 0.105. The van der Waals surface area contributed by atoms with Gasteiger partial charge in [-0.2, -0.15) is 0 Å². The largest absolute Gasteiger partial charge is 0.367 e. The highest BCUT2D eigenvalue weighted by molar-refractivity contribution is 7.16. The highest BCUT2D eigenvalue weighted by Gasteiger charge is 2.38. The summed E-state index contributed by atoms with van der Waals surface area (Å²) >= 11 is 1.67. The molecule has 2 aromatic rings. The predicted octanol–water partition coefficient (Wildman–Crippen LogP) is 4.71. The highest BCUT2D eigenvalue weighted by atomic mass is 32.1. The number of hydrogen-bond acceptors (Lipinski definition) is 4. The molecule has 108 valence electrons. The number of fused-ring (bicyclic) bond motifs is 1. The normalized spacial score (nSPS) is 22.0. The molecule has 0 saturated heterocycles. The Balaban J connectivity index is 1.85. The second-order valence-corrected chi connectivity index (χ2v) is 8.51. The van der Waals surface area contributed by atoms with Crippen LogP contribution in [0.3, 0.4) is 0 Å². The van der Waals surface area contributed by atoms with Crippen LogP contribution in [-0.4, -0.2) is 16.0 Å². The Labute approximate surface area is 124 Å². The van der Waals surface area contributed by atoms with E-state index in [1.54, 1.807) is 17.7 Å². The average molecular weight is 289 g/mol. The Morgan fingerprint density at radius 2 is 1.85 bits per heavy atom. The Morgan fingerprint density at radius 3 is 2.55 bits per heavy atom. The van der Waals surface area contributed by atoms with Crippen LogP contribution >= 0.6 is 11.3 Å². The van der Waals surface area contributed by atoms with Crippen molar-refractivity contribution in [2.45, 2.75) is 53.0 Å². The van der Waals surface area contributed by atoms with Crippen molar-refractivity contribution in [3.05, 3.63) is 17.8 Å². The number of nitrogens with zero attached hydrogens (tertiary/aromatic N) is 2. The quantitative estimate of drug-likeness (QED) is 0.870. The maximum absolute atomic E-state index is 4.45. The van der Waals surface area contributed by atoms with Gasteiger partial charge in [0.15, 0.2) is 0 Å². The molecule has 1 saturated carbocycles. The van der Waals surface area contributed by atoms with Crippen LogP contribution in [0.1, 0.15) is 47.0 Å². The van der Waals surface area contributed by atoms with Gasteiger partial charge in [-0.15, -0.1) is 11.3 Å². The van der Waals surface area contributed by atoms with Crippen LogP contribution in [0, 0.1) is 10.8 Å². The summed E-state index contributed by atoms with van der Waals surface area (Å²) in [4.78, 5) is 9.84. The standard InChI is InChI=1S/C16H23N3S/c1-15(2)7-11(8-16(3,4)9-15)19-13-12-5-6-20-14(12)18-10-17-13/h5-6,10-11H,7-9H2,1-4H3,(H,17,18,19). The van der Waals surface area contributed by atoms with E-state index in [1.165, 1.54) is 19.3 Å². The van der Waals surface area contributed by atoms with Gasteiger partial charge in [-0.05, 0) is 41.5 Å². The Morgan fingerprint density at radius 1 is 1.15 bits per heavy atom. The zero-order chi connectivity index (χ0) is 14.4. The van der Waals surface area contributed by atoms with Gasteiger partial charge in [-0.1, -0.05) is 27.7 Å². The third kappa shape index (κ3) is 2.80. The molecule has 1 fully saturated rings. The van der Waals surface area contributed by atoms with E-state index in [2.05, 4.69) is 54.4 Å². The first-order valence-corrected chi connectivity index (χ1v) is 8.17. The molecule has 2 heterocycles. The molecular formula is C16H23N3S. The molecule has 0 unspecified atom stereocenters. The van der Waals surface area contributed by atoms with Crippen LogP contribution < -0.4 is 5.32 Å². The molecule has 0 radical (unpaired) electrons. The number of rotatable bonds is 2. The van der Waals surface area contributed by atoms with E-state index in [4.69, 9.17) is 0 Å². The predicted molar refractivity (Wildman–Crippen MR) is 86.2 cm³/mol. The van der Waals surface area contributed by atoms with Gasteiger partial charge < -0.3 is 5.32 Å². The molecule has 0 aromatic carbocycles. The molecule has 0 spiro atoms. The van der Waals surface area contributed by atoms with Crippen molar-refractivity contribution >= 4 is 27.4 Å². The summed E-state index contributed by atoms with van der Waals surface area (Å²) in [6.45, 7) is 9.51. The van der Waals surface area contributed by atoms with E-state index in [0.29, 0.717) is 16.9 Å². The molecule has 0 bridgehead atoms. The fourth-order valence-corrected chi connectivity index (χ4v) is 4.78. The van der Waals surface area contributed by atoms with Crippen molar-refractivity contribution < 1.29 is 0 Å². The summed E-state index contributed by atoms with van der Waals surface area (Å²) < 4.78 is 0. The maximum Gasteiger partial charge on any atom is 0.138 e. The highest BCUT2D eigenvalue weighted by Crippen LogP contribution is 2.46. The molecule has 0 atom stereocenters. The molecule has 1 aliphatic carbocycles. The lowest BCUT2D eigenvalue weighted by Gasteiger charge is -2.45. The minimum absolute atomic E-state index is 0.389. The SMILES string of the molecule is CC1(C)CC(Nc2ncnc3sccc23)CC(C)(C)C1. The molecule has 4 heteroatoms. The van der Waals surface area contributed by atoms with E-state index in [1.807, 2.05) is 0 Å². The first kappa shape index (κ1) is 13.8. The van der Waals surface area contributed by atoms with Crippen molar-refractivity contribution in [2.24, 2.45) is 10.8 Å². The smallest absolute Gasteiger partial charge is 0.138 e.